The maximum atomic E-state index is 8.88. The number of nitriles is 2. The van der Waals surface area contributed by atoms with Gasteiger partial charge in [0.15, 0.2) is 0 Å². The van der Waals surface area contributed by atoms with Gasteiger partial charge in [-0.3, -0.25) is 5.84 Å². The molecule has 90 valence electrons. The largest absolute Gasteiger partial charge is 0.466 e. The van der Waals surface area contributed by atoms with E-state index in [0.717, 1.165) is 0 Å². The smallest absolute Gasteiger partial charge is 0.322 e. The first-order chi connectivity index (χ1) is 7.83. The topological polar surface area (TPSA) is 163 Å². The molecule has 0 saturated heterocycles. The van der Waals surface area contributed by atoms with Crippen LogP contribution in [0.5, 0.6) is 0 Å². The van der Waals surface area contributed by atoms with Gasteiger partial charge in [-0.1, -0.05) is 6.07 Å². The first-order valence-corrected chi connectivity index (χ1v) is 5.58. The Balaban J connectivity index is 0.000000437. The van der Waals surface area contributed by atoms with Gasteiger partial charge in [-0.2, -0.15) is 10.5 Å². The minimum absolute atomic E-state index is 0.372. The predicted octanol–water partition coefficient (Wildman–Crippen LogP) is -0.213. The highest BCUT2D eigenvalue weighted by Crippen LogP contribution is 2.25. The second-order valence-electron chi connectivity index (χ2n) is 2.61. The fourth-order valence-corrected chi connectivity index (χ4v) is 0.894. The summed E-state index contributed by atoms with van der Waals surface area (Å²) in [5, 5.41) is 17.2. The lowest BCUT2D eigenvalue weighted by Gasteiger charge is -2.03. The van der Waals surface area contributed by atoms with Crippen LogP contribution < -0.4 is 11.3 Å². The predicted molar refractivity (Wildman–Crippen MR) is 57.9 cm³/mol. The van der Waals surface area contributed by atoms with Gasteiger partial charge >= 0.3 is 7.82 Å². The molecular formula is C8H9N4O4P. The highest BCUT2D eigenvalue weighted by atomic mass is 31.2. The molecule has 1 aromatic carbocycles. The highest BCUT2D eigenvalue weighted by molar-refractivity contribution is 7.45. The molecule has 1 rings (SSSR count). The minimum atomic E-state index is -4.64. The molecule has 0 atom stereocenters. The first kappa shape index (κ1) is 15.1. The zero-order valence-electron chi connectivity index (χ0n) is 8.40. The molecule has 0 spiro atoms. The normalized spacial score (nSPS) is 9.29. The van der Waals surface area contributed by atoms with Crippen LogP contribution in [0.3, 0.4) is 0 Å². The molecule has 0 aliphatic heterocycles. The molecule has 0 bridgehead atoms. The summed E-state index contributed by atoms with van der Waals surface area (Å²) in [4.78, 5) is 21.6. The van der Waals surface area contributed by atoms with Crippen LogP contribution in [0, 0.1) is 22.7 Å². The molecule has 17 heavy (non-hydrogen) atoms. The molecule has 0 aliphatic rings. The lowest BCUT2D eigenvalue weighted by molar-refractivity contribution is 0.275. The number of nitrogens with one attached hydrogen (secondary N) is 1. The summed E-state index contributed by atoms with van der Waals surface area (Å²) in [6, 6.07) is 8.68. The Bertz CT molecular complexity index is 473. The Labute approximate surface area is 96.7 Å². The van der Waals surface area contributed by atoms with Crippen LogP contribution in [-0.4, -0.2) is 14.7 Å². The quantitative estimate of drug-likeness (QED) is 0.261. The van der Waals surface area contributed by atoms with E-state index in [4.69, 9.17) is 35.6 Å². The molecule has 6 N–H and O–H groups in total. The summed E-state index contributed by atoms with van der Waals surface area (Å²) >= 11 is 0. The molecule has 0 aromatic heterocycles. The second kappa shape index (κ2) is 6.61. The standard InChI is InChI=1S/C8H6N4.H3O4P/c9-4-6-2-1-3-7(5-10)8(6)12-11;1-5(2,3)4/h1-3,12H,11H2;(H3,1,2,3,4). The van der Waals surface area contributed by atoms with Gasteiger partial charge in [0.2, 0.25) is 0 Å². The average molecular weight is 256 g/mol. The van der Waals surface area contributed by atoms with E-state index >= 15 is 0 Å². The number of nitrogen functional groups attached to an aromatic ring is 1. The third-order valence-corrected chi connectivity index (χ3v) is 1.45. The second-order valence-corrected chi connectivity index (χ2v) is 3.64. The highest BCUT2D eigenvalue weighted by Gasteiger charge is 2.04. The van der Waals surface area contributed by atoms with E-state index in [1.807, 2.05) is 12.1 Å². The van der Waals surface area contributed by atoms with Crippen LogP contribution in [0.4, 0.5) is 5.69 Å². The van der Waals surface area contributed by atoms with E-state index in [9.17, 15) is 0 Å². The van der Waals surface area contributed by atoms with E-state index in [0.29, 0.717) is 16.8 Å². The summed E-state index contributed by atoms with van der Waals surface area (Å²) in [5.74, 6) is 5.15. The fraction of sp³-hybridized carbons (Fsp3) is 0. The average Bonchev–Trinajstić information content (AvgIpc) is 2.25. The molecule has 0 aliphatic carbocycles. The first-order valence-electron chi connectivity index (χ1n) is 4.01. The fourth-order valence-electron chi connectivity index (χ4n) is 0.894. The summed E-state index contributed by atoms with van der Waals surface area (Å²) < 4.78 is 8.88. The SMILES string of the molecule is N#Cc1cccc(C#N)c1NN.O=P(O)(O)O. The van der Waals surface area contributed by atoms with Gasteiger partial charge < -0.3 is 20.1 Å². The Hall–Kier alpha value is -1.93. The van der Waals surface area contributed by atoms with Gasteiger partial charge in [0.25, 0.3) is 0 Å². The molecule has 8 nitrogen and oxygen atoms in total. The number of nitrogens with two attached hydrogens (primary N) is 1. The van der Waals surface area contributed by atoms with Crippen molar-refractivity contribution in [3.63, 3.8) is 0 Å². The van der Waals surface area contributed by atoms with Gasteiger partial charge in [-0.05, 0) is 12.1 Å². The number of nitrogens with zero attached hydrogens (tertiary/aromatic N) is 2. The number of benzene rings is 1. The van der Waals surface area contributed by atoms with Crippen molar-refractivity contribution in [3.05, 3.63) is 29.3 Å². The minimum Gasteiger partial charge on any atom is -0.322 e. The molecular weight excluding hydrogens is 247 g/mol. The number of para-hydroxylation sites is 1. The third-order valence-electron chi connectivity index (χ3n) is 1.45. The van der Waals surface area contributed by atoms with Crippen molar-refractivity contribution < 1.29 is 19.2 Å². The van der Waals surface area contributed by atoms with Crippen molar-refractivity contribution in [2.24, 2.45) is 5.84 Å². The number of hydrogen-bond acceptors (Lipinski definition) is 5. The molecule has 0 saturated carbocycles. The van der Waals surface area contributed by atoms with E-state index in [1.165, 1.54) is 0 Å². The Morgan fingerprint density at radius 1 is 1.18 bits per heavy atom. The number of hydrazine groups is 1. The maximum absolute atomic E-state index is 8.88. The van der Waals surface area contributed by atoms with Gasteiger partial charge in [-0.15, -0.1) is 0 Å². The van der Waals surface area contributed by atoms with Crippen molar-refractivity contribution in [3.8, 4) is 12.1 Å². The Morgan fingerprint density at radius 2 is 1.53 bits per heavy atom. The van der Waals surface area contributed by atoms with Crippen molar-refractivity contribution in [1.29, 1.82) is 10.5 Å². The van der Waals surface area contributed by atoms with Crippen LogP contribution in [0.25, 0.3) is 0 Å². The molecule has 9 heteroatoms. The van der Waals surface area contributed by atoms with Gasteiger partial charge in [-0.25, -0.2) is 4.57 Å². The summed E-state index contributed by atoms with van der Waals surface area (Å²) in [6.45, 7) is 0. The summed E-state index contributed by atoms with van der Waals surface area (Å²) in [6.07, 6.45) is 0. The van der Waals surface area contributed by atoms with E-state index in [1.54, 1.807) is 18.2 Å². The van der Waals surface area contributed by atoms with Crippen LogP contribution in [0.15, 0.2) is 18.2 Å². The Kier molecular flexibility index (Phi) is 5.86. The van der Waals surface area contributed by atoms with Crippen LogP contribution in [-0.2, 0) is 4.57 Å². The lowest BCUT2D eigenvalue weighted by atomic mass is 10.1. The van der Waals surface area contributed by atoms with Crippen molar-refractivity contribution in [2.45, 2.75) is 0 Å². The summed E-state index contributed by atoms with van der Waals surface area (Å²) in [7, 11) is -4.64. The third kappa shape index (κ3) is 6.28. The number of rotatable bonds is 1. The van der Waals surface area contributed by atoms with E-state index < -0.39 is 7.82 Å². The molecule has 1 aromatic rings. The van der Waals surface area contributed by atoms with Crippen LogP contribution >= 0.6 is 7.82 Å². The number of phosphoric acid groups is 1. The molecule has 0 unspecified atom stereocenters. The van der Waals surface area contributed by atoms with Crippen molar-refractivity contribution in [1.82, 2.24) is 0 Å². The van der Waals surface area contributed by atoms with Gasteiger partial charge in [0.05, 0.1) is 16.8 Å². The molecule has 0 heterocycles. The lowest BCUT2D eigenvalue weighted by Crippen LogP contribution is -2.09. The molecule has 0 fully saturated rings. The zero-order valence-corrected chi connectivity index (χ0v) is 9.30. The maximum Gasteiger partial charge on any atom is 0.466 e. The molecule has 0 amide bonds. The van der Waals surface area contributed by atoms with E-state index in [-0.39, 0.29) is 0 Å². The number of hydrogen-bond donors (Lipinski definition) is 5. The van der Waals surface area contributed by atoms with Gasteiger partial charge in [0, 0.05) is 0 Å². The van der Waals surface area contributed by atoms with Gasteiger partial charge in [0.1, 0.15) is 12.1 Å². The molecule has 0 radical (unpaired) electrons. The zero-order chi connectivity index (χ0) is 13.5. The van der Waals surface area contributed by atoms with Crippen molar-refractivity contribution >= 4 is 13.5 Å². The van der Waals surface area contributed by atoms with E-state index in [2.05, 4.69) is 5.43 Å². The van der Waals surface area contributed by atoms with Crippen molar-refractivity contribution in [2.75, 3.05) is 5.43 Å². The Morgan fingerprint density at radius 3 is 1.76 bits per heavy atom. The van der Waals surface area contributed by atoms with Crippen LogP contribution in [0.2, 0.25) is 0 Å². The summed E-state index contributed by atoms with van der Waals surface area (Å²) in [5.41, 5.74) is 3.44. The van der Waals surface area contributed by atoms with Crippen LogP contribution in [0.1, 0.15) is 11.1 Å². The monoisotopic (exact) mass is 256 g/mol. The number of anilines is 1.